The van der Waals surface area contributed by atoms with Crippen LogP contribution in [0.3, 0.4) is 0 Å². The van der Waals surface area contributed by atoms with E-state index in [2.05, 4.69) is 74.6 Å². The fourth-order valence-electron chi connectivity index (χ4n) is 7.33. The van der Waals surface area contributed by atoms with Crippen LogP contribution in [0.15, 0.2) is 60.8 Å². The second kappa shape index (κ2) is 43.3. The second-order valence-corrected chi connectivity index (χ2v) is 17.2. The lowest BCUT2D eigenvalue weighted by Crippen LogP contribution is -2.59. The van der Waals surface area contributed by atoms with Gasteiger partial charge in [-0.3, -0.25) is 9.59 Å². The van der Waals surface area contributed by atoms with Crippen molar-refractivity contribution in [2.75, 3.05) is 19.8 Å². The summed E-state index contributed by atoms with van der Waals surface area (Å²) in [5, 5.41) is 40.1. The van der Waals surface area contributed by atoms with E-state index in [0.29, 0.717) is 12.8 Å². The fraction of sp³-hybridized carbons (Fsp3) is 0.774. The summed E-state index contributed by atoms with van der Waals surface area (Å²) in [5.74, 6) is -0.901. The van der Waals surface area contributed by atoms with Gasteiger partial charge in [0.15, 0.2) is 12.4 Å². The Hall–Kier alpha value is -2.60. The van der Waals surface area contributed by atoms with Gasteiger partial charge >= 0.3 is 11.9 Å². The van der Waals surface area contributed by atoms with Crippen LogP contribution >= 0.6 is 0 Å². The quantitative estimate of drug-likeness (QED) is 0.0265. The first-order valence-corrected chi connectivity index (χ1v) is 25.4. The monoisotopic (exact) mass is 889 g/mol. The van der Waals surface area contributed by atoms with Crippen LogP contribution in [0, 0.1) is 0 Å². The van der Waals surface area contributed by atoms with Gasteiger partial charge in [-0.25, -0.2) is 0 Å². The van der Waals surface area contributed by atoms with Crippen molar-refractivity contribution in [2.24, 2.45) is 0 Å². The van der Waals surface area contributed by atoms with Gasteiger partial charge in [-0.1, -0.05) is 171 Å². The molecule has 4 N–H and O–H groups in total. The topological polar surface area (TPSA) is 152 Å². The maximum absolute atomic E-state index is 12.8. The van der Waals surface area contributed by atoms with Crippen molar-refractivity contribution in [3.8, 4) is 0 Å². The van der Waals surface area contributed by atoms with Crippen molar-refractivity contribution in [2.45, 2.75) is 243 Å². The zero-order valence-corrected chi connectivity index (χ0v) is 39.8. The van der Waals surface area contributed by atoms with E-state index < -0.39 is 55.4 Å². The van der Waals surface area contributed by atoms with E-state index >= 15 is 0 Å². The molecule has 0 spiro atoms. The summed E-state index contributed by atoms with van der Waals surface area (Å²) in [6, 6.07) is 0. The normalized spacial score (nSPS) is 20.0. The van der Waals surface area contributed by atoms with Crippen molar-refractivity contribution >= 4 is 11.9 Å². The number of rotatable bonds is 42. The van der Waals surface area contributed by atoms with E-state index in [1.807, 2.05) is 0 Å². The lowest BCUT2D eigenvalue weighted by molar-refractivity contribution is -0.305. The Morgan fingerprint density at radius 2 is 0.921 bits per heavy atom. The summed E-state index contributed by atoms with van der Waals surface area (Å²) < 4.78 is 22.1. The largest absolute Gasteiger partial charge is 0.462 e. The van der Waals surface area contributed by atoms with Gasteiger partial charge < -0.3 is 39.4 Å². The van der Waals surface area contributed by atoms with Gasteiger partial charge in [0.25, 0.3) is 0 Å². The van der Waals surface area contributed by atoms with Crippen LogP contribution in [0.1, 0.15) is 206 Å². The predicted octanol–water partition coefficient (Wildman–Crippen LogP) is 11.8. The number of aliphatic hydroxyl groups is 4. The molecule has 0 bridgehead atoms. The Balaban J connectivity index is 2.30. The van der Waals surface area contributed by atoms with Gasteiger partial charge in [-0.2, -0.15) is 0 Å². The van der Waals surface area contributed by atoms with Gasteiger partial charge in [0.05, 0.1) is 13.2 Å². The zero-order valence-electron chi connectivity index (χ0n) is 39.8. The van der Waals surface area contributed by atoms with Crippen LogP contribution in [-0.4, -0.2) is 89.0 Å². The van der Waals surface area contributed by atoms with Crippen molar-refractivity contribution in [3.63, 3.8) is 0 Å². The maximum atomic E-state index is 12.8. The summed E-state index contributed by atoms with van der Waals surface area (Å²) in [7, 11) is 0. The lowest BCUT2D eigenvalue weighted by Gasteiger charge is -2.39. The summed E-state index contributed by atoms with van der Waals surface area (Å²) in [6.07, 6.45) is 46.8. The summed E-state index contributed by atoms with van der Waals surface area (Å²) >= 11 is 0. The summed E-state index contributed by atoms with van der Waals surface area (Å²) in [6.45, 7) is 3.33. The highest BCUT2D eigenvalue weighted by Crippen LogP contribution is 2.23. The number of hydrogen-bond acceptors (Lipinski definition) is 10. The molecule has 1 rings (SSSR count). The van der Waals surface area contributed by atoms with Crippen LogP contribution in [0.4, 0.5) is 0 Å². The minimum atomic E-state index is -1.61. The fourth-order valence-corrected chi connectivity index (χ4v) is 7.33. The number of esters is 2. The minimum Gasteiger partial charge on any atom is -0.462 e. The molecule has 0 aliphatic carbocycles. The molecule has 1 aliphatic rings. The molecular weight excluding hydrogens is 797 g/mol. The number of carbonyl (C=O) groups is 2. The number of allylic oxidation sites excluding steroid dienone is 10. The molecule has 0 aromatic rings. The van der Waals surface area contributed by atoms with Crippen molar-refractivity contribution < 1.29 is 49.0 Å². The van der Waals surface area contributed by atoms with Crippen LogP contribution in [-0.2, 0) is 28.5 Å². The van der Waals surface area contributed by atoms with E-state index in [1.165, 1.54) is 109 Å². The molecule has 0 radical (unpaired) electrons. The molecule has 0 saturated carbocycles. The number of hydrogen-bond donors (Lipinski definition) is 4. The molecule has 10 nitrogen and oxygen atoms in total. The first-order chi connectivity index (χ1) is 30.8. The Labute approximate surface area is 383 Å². The van der Waals surface area contributed by atoms with E-state index in [0.717, 1.165) is 57.8 Å². The number of carbonyl (C=O) groups excluding carboxylic acids is 2. The summed E-state index contributed by atoms with van der Waals surface area (Å²) in [5.41, 5.74) is 0. The average molecular weight is 889 g/mol. The molecule has 364 valence electrons. The molecule has 1 saturated heterocycles. The molecule has 10 heteroatoms. The molecular formula is C53H92O10. The molecule has 0 aromatic carbocycles. The van der Waals surface area contributed by atoms with Gasteiger partial charge in [0, 0.05) is 12.8 Å². The molecule has 2 unspecified atom stereocenters. The smallest absolute Gasteiger partial charge is 0.306 e. The van der Waals surface area contributed by atoms with E-state index in [-0.39, 0.29) is 26.1 Å². The third-order valence-corrected chi connectivity index (χ3v) is 11.4. The van der Waals surface area contributed by atoms with Crippen molar-refractivity contribution in [3.05, 3.63) is 60.8 Å². The van der Waals surface area contributed by atoms with Crippen molar-refractivity contribution in [1.29, 1.82) is 0 Å². The molecule has 0 aromatic heterocycles. The second-order valence-electron chi connectivity index (χ2n) is 17.2. The minimum absolute atomic E-state index is 0.171. The zero-order chi connectivity index (χ0) is 45.9. The van der Waals surface area contributed by atoms with Crippen molar-refractivity contribution in [1.82, 2.24) is 0 Å². The molecule has 6 atom stereocenters. The molecule has 1 fully saturated rings. The van der Waals surface area contributed by atoms with Gasteiger partial charge in [-0.15, -0.1) is 0 Å². The Morgan fingerprint density at radius 1 is 0.492 bits per heavy atom. The van der Waals surface area contributed by atoms with E-state index in [9.17, 15) is 30.0 Å². The van der Waals surface area contributed by atoms with Crippen LogP contribution in [0.25, 0.3) is 0 Å². The SMILES string of the molecule is CCCCC/C=C/C/C=C/C/C=C/CCCCC(=O)O[C@@H](COC(=O)CCC/C=C/CC/C=C/CCCCCCCCCCCCCCCC)CO[C@H]1O[C@@H](CO)[C@@H](O)C(O)C1O. The van der Waals surface area contributed by atoms with Gasteiger partial charge in [0.1, 0.15) is 31.0 Å². The highest BCUT2D eigenvalue weighted by Gasteiger charge is 2.44. The predicted molar refractivity (Wildman–Crippen MR) is 256 cm³/mol. The Kier molecular flexibility index (Phi) is 40.2. The molecule has 63 heavy (non-hydrogen) atoms. The number of ether oxygens (including phenoxy) is 4. The van der Waals surface area contributed by atoms with E-state index in [1.54, 1.807) is 0 Å². The molecule has 1 heterocycles. The number of unbranched alkanes of at least 4 members (excludes halogenated alkanes) is 21. The summed E-state index contributed by atoms with van der Waals surface area (Å²) in [4.78, 5) is 25.4. The van der Waals surface area contributed by atoms with Crippen LogP contribution < -0.4 is 0 Å². The highest BCUT2D eigenvalue weighted by atomic mass is 16.7. The van der Waals surface area contributed by atoms with Gasteiger partial charge in [0.2, 0.25) is 0 Å². The lowest BCUT2D eigenvalue weighted by atomic mass is 9.99. The molecule has 1 aliphatic heterocycles. The Bertz CT molecular complexity index is 1210. The first kappa shape index (κ1) is 58.4. The van der Waals surface area contributed by atoms with Crippen LogP contribution in [0.5, 0.6) is 0 Å². The standard InChI is InChI=1S/C53H92O10/c1-3-5-7-9-11-13-15-17-19-20-21-22-23-24-25-26-28-29-31-33-35-37-39-41-48(55)60-44-46(45-61-53-52(59)51(58)50(57)47(43-54)63-53)62-49(56)42-40-38-36-34-32-30-27-18-16-14-12-10-8-6-4-2/h12,14,18,26-28,32-35,46-47,50-54,57-59H,3-11,13,15-17,19-25,29-31,36-45H2,1-2H3/b14-12+,27-18+,28-26+,34-32+,35-33+/t46-,47-,50+,51?,52?,53-/m0/s1. The Morgan fingerprint density at radius 3 is 1.48 bits per heavy atom. The third-order valence-electron chi connectivity index (χ3n) is 11.4. The average Bonchev–Trinajstić information content (AvgIpc) is 3.28. The number of aliphatic hydroxyl groups excluding tert-OH is 4. The molecule has 0 amide bonds. The van der Waals surface area contributed by atoms with E-state index in [4.69, 9.17) is 18.9 Å². The third kappa shape index (κ3) is 34.4. The maximum Gasteiger partial charge on any atom is 0.306 e. The van der Waals surface area contributed by atoms with Crippen LogP contribution in [0.2, 0.25) is 0 Å². The van der Waals surface area contributed by atoms with Gasteiger partial charge in [-0.05, 0) is 83.5 Å². The highest BCUT2D eigenvalue weighted by molar-refractivity contribution is 5.70. The first-order valence-electron chi connectivity index (χ1n) is 25.4.